The fraction of sp³-hybridized carbons (Fsp3) is 0.474. The summed E-state index contributed by atoms with van der Waals surface area (Å²) in [6.45, 7) is 4.65. The molecule has 0 radical (unpaired) electrons. The van der Waals surface area contributed by atoms with Crippen LogP contribution in [-0.2, 0) is 0 Å². The Kier molecular flexibility index (Phi) is 5.38. The molecular formula is C19H26N4O2. The molecule has 3 N–H and O–H groups in total. The number of urea groups is 1. The first-order valence-electron chi connectivity index (χ1n) is 8.91. The zero-order chi connectivity index (χ0) is 17.8. The van der Waals surface area contributed by atoms with Crippen LogP contribution < -0.4 is 10.6 Å². The zero-order valence-electron chi connectivity index (χ0n) is 14.8. The van der Waals surface area contributed by atoms with E-state index in [-0.39, 0.29) is 18.2 Å². The smallest absolute Gasteiger partial charge is 0.320 e. The molecule has 6 heteroatoms. The Morgan fingerprint density at radius 2 is 2.08 bits per heavy atom. The van der Waals surface area contributed by atoms with Crippen molar-refractivity contribution in [2.75, 3.05) is 11.9 Å². The molecule has 0 saturated heterocycles. The van der Waals surface area contributed by atoms with Crippen molar-refractivity contribution in [2.24, 2.45) is 5.92 Å². The van der Waals surface area contributed by atoms with Gasteiger partial charge in [0, 0.05) is 24.2 Å². The first-order valence-corrected chi connectivity index (χ1v) is 8.91. The lowest BCUT2D eigenvalue weighted by molar-refractivity contribution is 0.177. The van der Waals surface area contributed by atoms with E-state index in [2.05, 4.69) is 15.7 Å². The van der Waals surface area contributed by atoms with E-state index in [0.29, 0.717) is 18.3 Å². The highest BCUT2D eigenvalue weighted by molar-refractivity contribution is 5.89. The van der Waals surface area contributed by atoms with Crippen LogP contribution >= 0.6 is 0 Å². The Hall–Kier alpha value is -2.34. The van der Waals surface area contributed by atoms with E-state index in [1.165, 1.54) is 0 Å². The molecular weight excluding hydrogens is 316 g/mol. The highest BCUT2D eigenvalue weighted by Gasteiger charge is 2.23. The highest BCUT2D eigenvalue weighted by Crippen LogP contribution is 2.25. The Labute approximate surface area is 148 Å². The molecule has 1 saturated carbocycles. The topological polar surface area (TPSA) is 79.2 Å². The molecule has 1 fully saturated rings. The van der Waals surface area contributed by atoms with Crippen molar-refractivity contribution >= 4 is 11.8 Å². The van der Waals surface area contributed by atoms with Crippen molar-refractivity contribution in [2.45, 2.75) is 45.3 Å². The number of hydrogen-bond donors (Lipinski definition) is 3. The molecule has 0 spiro atoms. The Morgan fingerprint density at radius 1 is 1.32 bits per heavy atom. The number of benzene rings is 1. The second-order valence-electron chi connectivity index (χ2n) is 6.99. The van der Waals surface area contributed by atoms with Crippen molar-refractivity contribution < 1.29 is 9.90 Å². The summed E-state index contributed by atoms with van der Waals surface area (Å²) in [6.07, 6.45) is 2.34. The molecule has 3 rings (SSSR count). The monoisotopic (exact) mass is 342 g/mol. The van der Waals surface area contributed by atoms with E-state index in [0.717, 1.165) is 30.5 Å². The molecule has 25 heavy (non-hydrogen) atoms. The first kappa shape index (κ1) is 17.5. The molecule has 1 aromatic heterocycles. The predicted octanol–water partition coefficient (Wildman–Crippen LogP) is 3.41. The fourth-order valence-electron chi connectivity index (χ4n) is 3.26. The highest BCUT2D eigenvalue weighted by atomic mass is 16.3. The third-order valence-electron chi connectivity index (χ3n) is 4.60. The summed E-state index contributed by atoms with van der Waals surface area (Å²) in [6, 6.07) is 11.7. The van der Waals surface area contributed by atoms with Crippen LogP contribution in [0, 0.1) is 5.92 Å². The van der Waals surface area contributed by atoms with Crippen LogP contribution in [0.2, 0.25) is 0 Å². The van der Waals surface area contributed by atoms with E-state index < -0.39 is 0 Å². The summed E-state index contributed by atoms with van der Waals surface area (Å²) in [5.74, 6) is 1.04. The number of nitrogens with zero attached hydrogens (tertiary/aromatic N) is 2. The number of nitrogens with one attached hydrogen (secondary N) is 2. The largest absolute Gasteiger partial charge is 0.393 e. The number of carbonyl (C=O) groups excluding carboxylic acids is 1. The molecule has 0 unspecified atom stereocenters. The van der Waals surface area contributed by atoms with Gasteiger partial charge in [-0.05, 0) is 39.0 Å². The zero-order valence-corrected chi connectivity index (χ0v) is 14.8. The van der Waals surface area contributed by atoms with Crippen molar-refractivity contribution in [1.82, 2.24) is 15.1 Å². The van der Waals surface area contributed by atoms with Crippen LogP contribution in [0.4, 0.5) is 10.6 Å². The minimum atomic E-state index is -0.234. The Bertz CT molecular complexity index is 711. The summed E-state index contributed by atoms with van der Waals surface area (Å²) < 4.78 is 1.82. The van der Waals surface area contributed by atoms with E-state index in [9.17, 15) is 9.90 Å². The maximum absolute atomic E-state index is 12.2. The van der Waals surface area contributed by atoms with Crippen LogP contribution in [0.25, 0.3) is 11.3 Å². The lowest BCUT2D eigenvalue weighted by atomic mass is 10.1. The van der Waals surface area contributed by atoms with Gasteiger partial charge in [-0.15, -0.1) is 0 Å². The fourth-order valence-corrected chi connectivity index (χ4v) is 3.26. The molecule has 1 aliphatic rings. The molecule has 1 aromatic carbocycles. The van der Waals surface area contributed by atoms with Crippen LogP contribution in [0.3, 0.4) is 0 Å². The molecule has 134 valence electrons. The van der Waals surface area contributed by atoms with E-state index in [1.807, 2.05) is 54.9 Å². The summed E-state index contributed by atoms with van der Waals surface area (Å²) in [5.41, 5.74) is 1.86. The van der Waals surface area contributed by atoms with Gasteiger partial charge in [-0.25, -0.2) is 9.48 Å². The van der Waals surface area contributed by atoms with Crippen LogP contribution in [0.5, 0.6) is 0 Å². The van der Waals surface area contributed by atoms with Crippen LogP contribution in [0.1, 0.15) is 39.2 Å². The average molecular weight is 342 g/mol. The van der Waals surface area contributed by atoms with E-state index in [1.54, 1.807) is 0 Å². The normalized spacial score (nSPS) is 20.0. The minimum Gasteiger partial charge on any atom is -0.393 e. The Balaban J connectivity index is 1.66. The number of amides is 2. The quantitative estimate of drug-likeness (QED) is 0.779. The van der Waals surface area contributed by atoms with Crippen molar-refractivity contribution in [1.29, 1.82) is 0 Å². The van der Waals surface area contributed by atoms with Gasteiger partial charge < -0.3 is 10.4 Å². The average Bonchev–Trinajstić information content (AvgIpc) is 3.20. The molecule has 1 heterocycles. The molecule has 0 bridgehead atoms. The lowest BCUT2D eigenvalue weighted by Crippen LogP contribution is -2.33. The summed E-state index contributed by atoms with van der Waals surface area (Å²) in [4.78, 5) is 12.2. The van der Waals surface area contributed by atoms with Gasteiger partial charge in [-0.3, -0.25) is 5.32 Å². The summed E-state index contributed by atoms with van der Waals surface area (Å²) in [5, 5.41) is 20.0. The minimum absolute atomic E-state index is 0.137. The van der Waals surface area contributed by atoms with Crippen molar-refractivity contribution in [3.05, 3.63) is 36.4 Å². The summed E-state index contributed by atoms with van der Waals surface area (Å²) in [7, 11) is 0. The van der Waals surface area contributed by atoms with Crippen molar-refractivity contribution in [3.63, 3.8) is 0 Å². The van der Waals surface area contributed by atoms with Gasteiger partial charge in [0.2, 0.25) is 0 Å². The van der Waals surface area contributed by atoms with Gasteiger partial charge in [0.25, 0.3) is 0 Å². The van der Waals surface area contributed by atoms with Gasteiger partial charge in [-0.2, -0.15) is 5.10 Å². The summed E-state index contributed by atoms with van der Waals surface area (Å²) >= 11 is 0. The van der Waals surface area contributed by atoms with Gasteiger partial charge in [0.15, 0.2) is 0 Å². The molecule has 2 atom stereocenters. The van der Waals surface area contributed by atoms with Crippen LogP contribution in [0.15, 0.2) is 36.4 Å². The van der Waals surface area contributed by atoms with Gasteiger partial charge in [0.05, 0.1) is 11.8 Å². The second-order valence-corrected chi connectivity index (χ2v) is 6.99. The maximum Gasteiger partial charge on any atom is 0.320 e. The molecule has 6 nitrogen and oxygen atoms in total. The SMILES string of the molecule is CC(C)n1nc(-c2ccccc2)cc1NC(=O)NC[C@H]1CC[C@H](O)C1. The molecule has 1 aliphatic carbocycles. The second kappa shape index (κ2) is 7.70. The number of anilines is 1. The van der Waals surface area contributed by atoms with E-state index in [4.69, 9.17) is 0 Å². The number of aliphatic hydroxyl groups is 1. The number of aliphatic hydroxyl groups excluding tert-OH is 1. The van der Waals surface area contributed by atoms with Gasteiger partial charge >= 0.3 is 6.03 Å². The maximum atomic E-state index is 12.2. The van der Waals surface area contributed by atoms with Crippen LogP contribution in [-0.4, -0.2) is 33.6 Å². The number of rotatable bonds is 5. The molecule has 0 aliphatic heterocycles. The lowest BCUT2D eigenvalue weighted by Gasteiger charge is -2.14. The predicted molar refractivity (Wildman–Crippen MR) is 98.4 cm³/mol. The molecule has 2 amide bonds. The number of hydrogen-bond acceptors (Lipinski definition) is 3. The third kappa shape index (κ3) is 4.39. The van der Waals surface area contributed by atoms with Crippen molar-refractivity contribution in [3.8, 4) is 11.3 Å². The van der Waals surface area contributed by atoms with Gasteiger partial charge in [0.1, 0.15) is 5.82 Å². The number of carbonyl (C=O) groups is 1. The van der Waals surface area contributed by atoms with Gasteiger partial charge in [-0.1, -0.05) is 30.3 Å². The standard InChI is InChI=1S/C19H26N4O2/c1-13(2)23-18(11-17(22-23)15-6-4-3-5-7-15)21-19(25)20-12-14-8-9-16(24)10-14/h3-7,11,13-14,16,24H,8-10,12H2,1-2H3,(H2,20,21,25)/t14-,16-/m0/s1. The Morgan fingerprint density at radius 3 is 2.72 bits per heavy atom. The van der Waals surface area contributed by atoms with E-state index >= 15 is 0 Å². The molecule has 2 aromatic rings. The number of aromatic nitrogens is 2. The first-order chi connectivity index (χ1) is 12.0. The third-order valence-corrected chi connectivity index (χ3v) is 4.60.